The largest absolute Gasteiger partial charge is 0.466 e. The first-order valence-electron chi connectivity index (χ1n) is 7.24. The third-order valence-electron chi connectivity index (χ3n) is 3.37. The molecule has 0 saturated heterocycles. The molecule has 0 spiro atoms. The summed E-state index contributed by atoms with van der Waals surface area (Å²) in [5.74, 6) is 1.19. The zero-order chi connectivity index (χ0) is 15.4. The molecular weight excluding hydrogens is 292 g/mol. The van der Waals surface area contributed by atoms with E-state index in [2.05, 4.69) is 17.0 Å². The predicted molar refractivity (Wildman–Crippen MR) is 81.6 cm³/mol. The molecule has 0 N–H and O–H groups in total. The van der Waals surface area contributed by atoms with Crippen LogP contribution in [0.2, 0.25) is 0 Å². The molecule has 0 atom stereocenters. The lowest BCUT2D eigenvalue weighted by molar-refractivity contribution is -0.143. The molecule has 0 bridgehead atoms. The summed E-state index contributed by atoms with van der Waals surface area (Å²) >= 11 is 5.86. The summed E-state index contributed by atoms with van der Waals surface area (Å²) in [6.45, 7) is 4.80. The van der Waals surface area contributed by atoms with Gasteiger partial charge in [0.25, 0.3) is 0 Å². The molecule has 0 radical (unpaired) electrons. The summed E-state index contributed by atoms with van der Waals surface area (Å²) in [5.41, 5.74) is 2.82. The number of aromatic nitrogens is 4. The lowest BCUT2D eigenvalue weighted by Gasteiger charge is -2.08. The van der Waals surface area contributed by atoms with Gasteiger partial charge in [-0.25, -0.2) is 4.98 Å². The van der Waals surface area contributed by atoms with Crippen molar-refractivity contribution in [2.24, 2.45) is 7.05 Å². The van der Waals surface area contributed by atoms with Gasteiger partial charge in [-0.1, -0.05) is 6.92 Å². The van der Waals surface area contributed by atoms with E-state index >= 15 is 0 Å². The van der Waals surface area contributed by atoms with E-state index in [0.717, 1.165) is 29.1 Å². The molecule has 21 heavy (non-hydrogen) atoms. The van der Waals surface area contributed by atoms with Crippen molar-refractivity contribution in [2.45, 2.75) is 39.7 Å². The van der Waals surface area contributed by atoms with E-state index in [1.807, 2.05) is 16.3 Å². The van der Waals surface area contributed by atoms with Crippen molar-refractivity contribution in [3.05, 3.63) is 11.5 Å². The molecule has 7 heteroatoms. The lowest BCUT2D eigenvalue weighted by atomic mass is 10.3. The second-order valence-electron chi connectivity index (χ2n) is 4.77. The van der Waals surface area contributed by atoms with Crippen molar-refractivity contribution < 1.29 is 9.53 Å². The first-order chi connectivity index (χ1) is 10.1. The second-order valence-corrected chi connectivity index (χ2v) is 5.15. The Morgan fingerprint density at radius 1 is 1.38 bits per heavy atom. The minimum atomic E-state index is -0.200. The Morgan fingerprint density at radius 2 is 2.14 bits per heavy atom. The fourth-order valence-electron chi connectivity index (χ4n) is 2.47. The monoisotopic (exact) mass is 312 g/mol. The van der Waals surface area contributed by atoms with Gasteiger partial charge in [-0.15, -0.1) is 11.6 Å². The summed E-state index contributed by atoms with van der Waals surface area (Å²) in [6.07, 6.45) is 1.82. The average molecular weight is 313 g/mol. The molecule has 2 heterocycles. The number of ether oxygens (including phenoxy) is 1. The summed E-state index contributed by atoms with van der Waals surface area (Å²) in [6, 6.07) is 0. The number of esters is 1. The summed E-state index contributed by atoms with van der Waals surface area (Å²) < 4.78 is 8.84. The van der Waals surface area contributed by atoms with Gasteiger partial charge in [0.05, 0.1) is 18.7 Å². The molecule has 6 nitrogen and oxygen atoms in total. The van der Waals surface area contributed by atoms with Gasteiger partial charge in [-0.2, -0.15) is 5.10 Å². The van der Waals surface area contributed by atoms with Crippen LogP contribution in [-0.2, 0) is 36.0 Å². The molecule has 0 aliphatic rings. The van der Waals surface area contributed by atoms with Crippen molar-refractivity contribution in [1.82, 2.24) is 19.3 Å². The summed E-state index contributed by atoms with van der Waals surface area (Å²) in [7, 11) is 1.90. The highest BCUT2D eigenvalue weighted by atomic mass is 35.5. The molecule has 0 fully saturated rings. The Bertz CT molecular complexity index is 632. The first kappa shape index (κ1) is 15.8. The Labute approximate surface area is 129 Å². The maximum absolute atomic E-state index is 11.6. The van der Waals surface area contributed by atoms with Gasteiger partial charge in [0, 0.05) is 25.9 Å². The number of fused-ring (bicyclic) bond motifs is 1. The molecule has 2 rings (SSSR count). The molecule has 0 aliphatic carbocycles. The number of hydrogen-bond donors (Lipinski definition) is 0. The molecule has 0 aliphatic heterocycles. The SMILES string of the molecule is CCOC(=O)CCn1c(CCCl)nc2c(CC)nn(C)c21. The molecule has 2 aromatic heterocycles. The average Bonchev–Trinajstić information content (AvgIpc) is 2.95. The number of halogens is 1. The molecule has 0 amide bonds. The highest BCUT2D eigenvalue weighted by molar-refractivity contribution is 6.17. The van der Waals surface area contributed by atoms with Crippen LogP contribution < -0.4 is 0 Å². The van der Waals surface area contributed by atoms with E-state index in [9.17, 15) is 4.79 Å². The van der Waals surface area contributed by atoms with E-state index in [0.29, 0.717) is 31.9 Å². The van der Waals surface area contributed by atoms with Crippen molar-refractivity contribution in [1.29, 1.82) is 0 Å². The topological polar surface area (TPSA) is 61.9 Å². The Kier molecular flexibility index (Phi) is 5.22. The standard InChI is InChI=1S/C14H21ClN4O2/c1-4-10-13-14(18(3)17-10)19(11(16-13)6-8-15)9-7-12(20)21-5-2/h4-9H2,1-3H3. The fourth-order valence-corrected chi connectivity index (χ4v) is 2.64. The number of nitrogens with zero attached hydrogens (tertiary/aromatic N) is 4. The number of imidazole rings is 1. The highest BCUT2D eigenvalue weighted by Gasteiger charge is 2.18. The van der Waals surface area contributed by atoms with E-state index in [4.69, 9.17) is 16.3 Å². The third kappa shape index (κ3) is 3.20. The van der Waals surface area contributed by atoms with Crippen LogP contribution in [0.25, 0.3) is 11.2 Å². The lowest BCUT2D eigenvalue weighted by Crippen LogP contribution is -2.13. The van der Waals surface area contributed by atoms with Crippen LogP contribution >= 0.6 is 11.6 Å². The van der Waals surface area contributed by atoms with Gasteiger partial charge in [0.15, 0.2) is 5.65 Å². The second kappa shape index (κ2) is 6.93. The quantitative estimate of drug-likeness (QED) is 0.580. The summed E-state index contributed by atoms with van der Waals surface area (Å²) in [5, 5.41) is 4.48. The Morgan fingerprint density at radius 3 is 2.76 bits per heavy atom. The molecule has 116 valence electrons. The fraction of sp³-hybridized carbons (Fsp3) is 0.643. The number of rotatable bonds is 7. The molecule has 0 aromatic carbocycles. The van der Waals surface area contributed by atoms with Crippen LogP contribution in [0.5, 0.6) is 0 Å². The molecular formula is C14H21ClN4O2. The van der Waals surface area contributed by atoms with E-state index in [1.165, 1.54) is 0 Å². The zero-order valence-corrected chi connectivity index (χ0v) is 13.5. The van der Waals surface area contributed by atoms with Crippen LogP contribution in [0.3, 0.4) is 0 Å². The number of aryl methyl sites for hydroxylation is 4. The van der Waals surface area contributed by atoms with E-state index < -0.39 is 0 Å². The maximum atomic E-state index is 11.6. The van der Waals surface area contributed by atoms with Gasteiger partial charge in [0.2, 0.25) is 0 Å². The molecule has 2 aromatic rings. The number of alkyl halides is 1. The summed E-state index contributed by atoms with van der Waals surface area (Å²) in [4.78, 5) is 16.2. The Hall–Kier alpha value is -1.56. The van der Waals surface area contributed by atoms with Gasteiger partial charge in [-0.05, 0) is 13.3 Å². The van der Waals surface area contributed by atoms with Crippen LogP contribution in [0, 0.1) is 0 Å². The predicted octanol–water partition coefficient (Wildman–Crippen LogP) is 2.07. The minimum Gasteiger partial charge on any atom is -0.466 e. The van der Waals surface area contributed by atoms with E-state index in [1.54, 1.807) is 6.92 Å². The smallest absolute Gasteiger partial charge is 0.307 e. The maximum Gasteiger partial charge on any atom is 0.307 e. The van der Waals surface area contributed by atoms with Crippen LogP contribution in [-0.4, -0.2) is 37.8 Å². The van der Waals surface area contributed by atoms with Crippen LogP contribution in [0.4, 0.5) is 0 Å². The number of hydrogen-bond acceptors (Lipinski definition) is 4. The third-order valence-corrected chi connectivity index (χ3v) is 3.56. The van der Waals surface area contributed by atoms with E-state index in [-0.39, 0.29) is 5.97 Å². The van der Waals surface area contributed by atoms with Crippen molar-refractivity contribution in [2.75, 3.05) is 12.5 Å². The molecule has 0 unspecified atom stereocenters. The van der Waals surface area contributed by atoms with Crippen LogP contribution in [0.1, 0.15) is 31.8 Å². The highest BCUT2D eigenvalue weighted by Crippen LogP contribution is 2.21. The van der Waals surface area contributed by atoms with Crippen LogP contribution in [0.15, 0.2) is 0 Å². The number of carbonyl (C=O) groups excluding carboxylic acids is 1. The first-order valence-corrected chi connectivity index (χ1v) is 7.78. The van der Waals surface area contributed by atoms with Gasteiger partial charge in [0.1, 0.15) is 11.3 Å². The van der Waals surface area contributed by atoms with Gasteiger partial charge < -0.3 is 9.30 Å². The van der Waals surface area contributed by atoms with Gasteiger partial charge >= 0.3 is 5.97 Å². The van der Waals surface area contributed by atoms with Crippen molar-refractivity contribution >= 4 is 28.7 Å². The van der Waals surface area contributed by atoms with Crippen molar-refractivity contribution in [3.63, 3.8) is 0 Å². The van der Waals surface area contributed by atoms with Crippen molar-refractivity contribution in [3.8, 4) is 0 Å². The van der Waals surface area contributed by atoms with Gasteiger partial charge in [-0.3, -0.25) is 9.48 Å². The normalized spacial score (nSPS) is 11.2. The zero-order valence-electron chi connectivity index (χ0n) is 12.7. The number of carbonyl (C=O) groups is 1. The minimum absolute atomic E-state index is 0.200. The Balaban J connectivity index is 2.36. The molecule has 0 saturated carbocycles.